The summed E-state index contributed by atoms with van der Waals surface area (Å²) in [6, 6.07) is 2.12. The summed E-state index contributed by atoms with van der Waals surface area (Å²) >= 11 is 0. The number of fused-ring (bicyclic) bond motifs is 2. The van der Waals surface area contributed by atoms with Gasteiger partial charge in [0.15, 0.2) is 0 Å². The number of rotatable bonds is 5. The summed E-state index contributed by atoms with van der Waals surface area (Å²) in [5.41, 5.74) is 1.32. The van der Waals surface area contributed by atoms with Crippen LogP contribution in [0.15, 0.2) is 12.3 Å². The molecule has 2 aliphatic carbocycles. The van der Waals surface area contributed by atoms with Gasteiger partial charge in [-0.3, -0.25) is 4.68 Å². The van der Waals surface area contributed by atoms with Crippen molar-refractivity contribution in [2.24, 2.45) is 17.8 Å². The van der Waals surface area contributed by atoms with Gasteiger partial charge in [-0.1, -0.05) is 6.42 Å². The highest BCUT2D eigenvalue weighted by atomic mass is 15.3. The number of nitrogens with zero attached hydrogens (tertiary/aromatic N) is 2. The van der Waals surface area contributed by atoms with Gasteiger partial charge in [-0.05, 0) is 56.6 Å². The van der Waals surface area contributed by atoms with Crippen LogP contribution in [0.2, 0.25) is 0 Å². The molecule has 2 bridgehead atoms. The molecule has 1 aromatic rings. The molecular weight excluding hydrogens is 210 g/mol. The molecule has 2 aliphatic rings. The number of hydrogen-bond acceptors (Lipinski definition) is 2. The predicted octanol–water partition coefficient (Wildman–Crippen LogP) is 2.43. The first-order chi connectivity index (χ1) is 8.36. The fraction of sp³-hybridized carbons (Fsp3) is 0.786. The first kappa shape index (κ1) is 11.3. The molecule has 2 fully saturated rings. The van der Waals surface area contributed by atoms with Crippen molar-refractivity contribution in [3.63, 3.8) is 0 Å². The maximum Gasteiger partial charge on any atom is 0.0521 e. The third-order valence-electron chi connectivity index (χ3n) is 4.70. The lowest BCUT2D eigenvalue weighted by Crippen LogP contribution is -2.27. The molecule has 17 heavy (non-hydrogen) atoms. The van der Waals surface area contributed by atoms with Crippen molar-refractivity contribution in [3.05, 3.63) is 18.0 Å². The summed E-state index contributed by atoms with van der Waals surface area (Å²) < 4.78 is 2.08. The van der Waals surface area contributed by atoms with Gasteiger partial charge < -0.3 is 5.32 Å². The summed E-state index contributed by atoms with van der Waals surface area (Å²) in [4.78, 5) is 0. The third-order valence-corrected chi connectivity index (χ3v) is 4.70. The zero-order valence-electron chi connectivity index (χ0n) is 10.7. The quantitative estimate of drug-likeness (QED) is 0.846. The molecule has 0 amide bonds. The highest BCUT2D eigenvalue weighted by Gasteiger charge is 2.38. The topological polar surface area (TPSA) is 29.9 Å². The first-order valence-corrected chi connectivity index (χ1v) is 7.08. The molecule has 3 unspecified atom stereocenters. The van der Waals surface area contributed by atoms with Gasteiger partial charge in [0, 0.05) is 19.3 Å². The summed E-state index contributed by atoms with van der Waals surface area (Å²) in [5, 5.41) is 7.93. The standard InChI is InChI=1S/C14H23N3/c1-2-17-14(5-6-16-17)10-15-9-13-8-11-3-4-12(13)7-11/h5-6,11-13,15H,2-4,7-10H2,1H3. The zero-order chi connectivity index (χ0) is 11.7. The second-order valence-electron chi connectivity index (χ2n) is 5.70. The molecule has 2 saturated carbocycles. The summed E-state index contributed by atoms with van der Waals surface area (Å²) in [6.45, 7) is 5.29. The van der Waals surface area contributed by atoms with Crippen LogP contribution in [0.25, 0.3) is 0 Å². The van der Waals surface area contributed by atoms with E-state index in [0.29, 0.717) is 0 Å². The number of aryl methyl sites for hydroxylation is 1. The second kappa shape index (κ2) is 4.81. The van der Waals surface area contributed by atoms with Crippen LogP contribution in [0.4, 0.5) is 0 Å². The van der Waals surface area contributed by atoms with Gasteiger partial charge in [0.25, 0.3) is 0 Å². The number of nitrogens with one attached hydrogen (secondary N) is 1. The Hall–Kier alpha value is -0.830. The van der Waals surface area contributed by atoms with E-state index in [9.17, 15) is 0 Å². The molecule has 3 atom stereocenters. The van der Waals surface area contributed by atoms with E-state index in [1.807, 2.05) is 6.20 Å². The first-order valence-electron chi connectivity index (χ1n) is 7.08. The van der Waals surface area contributed by atoms with E-state index in [1.54, 1.807) is 0 Å². The monoisotopic (exact) mass is 233 g/mol. The van der Waals surface area contributed by atoms with Gasteiger partial charge >= 0.3 is 0 Å². The van der Waals surface area contributed by atoms with E-state index in [2.05, 4.69) is 28.1 Å². The van der Waals surface area contributed by atoms with Crippen LogP contribution in [0.3, 0.4) is 0 Å². The Kier molecular flexibility index (Phi) is 3.19. The minimum Gasteiger partial charge on any atom is -0.311 e. The molecule has 0 aliphatic heterocycles. The van der Waals surface area contributed by atoms with Crippen molar-refractivity contribution in [3.8, 4) is 0 Å². The Balaban J connectivity index is 1.46. The molecule has 1 N–H and O–H groups in total. The SMILES string of the molecule is CCn1nccc1CNCC1CC2CCC1C2. The van der Waals surface area contributed by atoms with E-state index in [1.165, 1.54) is 37.9 Å². The molecule has 3 heteroatoms. The predicted molar refractivity (Wildman–Crippen MR) is 68.5 cm³/mol. The Bertz CT molecular complexity index is 371. The highest BCUT2D eigenvalue weighted by Crippen LogP contribution is 2.47. The largest absolute Gasteiger partial charge is 0.311 e. The molecule has 3 nitrogen and oxygen atoms in total. The third kappa shape index (κ3) is 2.25. The smallest absolute Gasteiger partial charge is 0.0521 e. The summed E-state index contributed by atoms with van der Waals surface area (Å²) in [6.07, 6.45) is 7.88. The Morgan fingerprint density at radius 1 is 1.41 bits per heavy atom. The highest BCUT2D eigenvalue weighted by molar-refractivity contribution is 5.00. The van der Waals surface area contributed by atoms with E-state index in [0.717, 1.165) is 30.8 Å². The average molecular weight is 233 g/mol. The van der Waals surface area contributed by atoms with Crippen molar-refractivity contribution >= 4 is 0 Å². The zero-order valence-corrected chi connectivity index (χ0v) is 10.7. The maximum absolute atomic E-state index is 4.30. The number of aromatic nitrogens is 2. The van der Waals surface area contributed by atoms with Gasteiger partial charge in [-0.2, -0.15) is 5.10 Å². The molecular formula is C14H23N3. The molecule has 3 rings (SSSR count). The van der Waals surface area contributed by atoms with Crippen LogP contribution in [0.5, 0.6) is 0 Å². The second-order valence-corrected chi connectivity index (χ2v) is 5.70. The van der Waals surface area contributed by atoms with E-state index < -0.39 is 0 Å². The summed E-state index contributed by atoms with van der Waals surface area (Å²) in [7, 11) is 0. The van der Waals surface area contributed by atoms with Crippen molar-refractivity contribution in [2.75, 3.05) is 6.54 Å². The minimum absolute atomic E-state index is 0.951. The average Bonchev–Trinajstić information content (AvgIpc) is 3.04. The molecule has 1 heterocycles. The fourth-order valence-electron chi connectivity index (χ4n) is 3.81. The lowest BCUT2D eigenvalue weighted by Gasteiger charge is -2.21. The van der Waals surface area contributed by atoms with Crippen LogP contribution < -0.4 is 5.32 Å². The van der Waals surface area contributed by atoms with Gasteiger partial charge in [0.05, 0.1) is 5.69 Å². The normalized spacial score (nSPS) is 31.2. The molecule has 0 radical (unpaired) electrons. The molecule has 0 aromatic carbocycles. The van der Waals surface area contributed by atoms with Crippen molar-refractivity contribution in [1.82, 2.24) is 15.1 Å². The van der Waals surface area contributed by atoms with Crippen LogP contribution in [0, 0.1) is 17.8 Å². The Labute approximate surface area is 104 Å². The van der Waals surface area contributed by atoms with Crippen LogP contribution in [-0.2, 0) is 13.1 Å². The van der Waals surface area contributed by atoms with Gasteiger partial charge in [0.2, 0.25) is 0 Å². The maximum atomic E-state index is 4.30. The van der Waals surface area contributed by atoms with Crippen LogP contribution in [0.1, 0.15) is 38.3 Å². The minimum atomic E-state index is 0.951. The van der Waals surface area contributed by atoms with E-state index in [4.69, 9.17) is 0 Å². The summed E-state index contributed by atoms with van der Waals surface area (Å²) in [5.74, 6) is 3.04. The van der Waals surface area contributed by atoms with Crippen molar-refractivity contribution in [1.29, 1.82) is 0 Å². The number of hydrogen-bond donors (Lipinski definition) is 1. The van der Waals surface area contributed by atoms with Gasteiger partial charge in [-0.15, -0.1) is 0 Å². The Morgan fingerprint density at radius 2 is 2.35 bits per heavy atom. The van der Waals surface area contributed by atoms with Gasteiger partial charge in [-0.25, -0.2) is 0 Å². The van der Waals surface area contributed by atoms with Crippen LogP contribution in [-0.4, -0.2) is 16.3 Å². The lowest BCUT2D eigenvalue weighted by molar-refractivity contribution is 0.317. The van der Waals surface area contributed by atoms with Crippen molar-refractivity contribution in [2.45, 2.75) is 45.7 Å². The lowest BCUT2D eigenvalue weighted by atomic mass is 9.89. The molecule has 0 spiro atoms. The fourth-order valence-corrected chi connectivity index (χ4v) is 3.81. The van der Waals surface area contributed by atoms with Crippen LogP contribution >= 0.6 is 0 Å². The molecule has 0 saturated heterocycles. The van der Waals surface area contributed by atoms with E-state index >= 15 is 0 Å². The Morgan fingerprint density at radius 3 is 3.06 bits per heavy atom. The molecule has 94 valence electrons. The van der Waals surface area contributed by atoms with Gasteiger partial charge in [0.1, 0.15) is 0 Å². The van der Waals surface area contributed by atoms with Crippen molar-refractivity contribution < 1.29 is 0 Å². The van der Waals surface area contributed by atoms with E-state index in [-0.39, 0.29) is 0 Å². The molecule has 1 aromatic heterocycles.